The highest BCUT2D eigenvalue weighted by molar-refractivity contribution is 7.88. The molecular weight excluding hydrogens is 528 g/mol. The maximum atomic E-state index is 12.1. The van der Waals surface area contributed by atoms with Crippen LogP contribution in [-0.2, 0) is 31.0 Å². The third-order valence-electron chi connectivity index (χ3n) is 6.79. The Morgan fingerprint density at radius 3 is 2.36 bits per heavy atom. The van der Waals surface area contributed by atoms with Crippen molar-refractivity contribution in [3.63, 3.8) is 0 Å². The molecule has 12 nitrogen and oxygen atoms in total. The number of aliphatic hydroxyl groups is 1. The van der Waals surface area contributed by atoms with Gasteiger partial charge in [-0.05, 0) is 55.4 Å². The molecule has 13 heteroatoms. The number of rotatable bonds is 14. The molecule has 0 aliphatic heterocycles. The third kappa shape index (κ3) is 11.2. The van der Waals surface area contributed by atoms with Crippen molar-refractivity contribution in [1.82, 2.24) is 20.1 Å². The minimum Gasteiger partial charge on any atom is -0.449 e. The van der Waals surface area contributed by atoms with E-state index in [0.717, 1.165) is 25.7 Å². The van der Waals surface area contributed by atoms with Crippen LogP contribution >= 0.6 is 0 Å². The molecule has 0 saturated heterocycles. The summed E-state index contributed by atoms with van der Waals surface area (Å²) in [5.41, 5.74) is 0.700. The normalized spacial score (nSPS) is 21.7. The lowest BCUT2D eigenvalue weighted by molar-refractivity contribution is -0.122. The van der Waals surface area contributed by atoms with Gasteiger partial charge in [-0.1, -0.05) is 42.5 Å². The van der Waals surface area contributed by atoms with Crippen LogP contribution < -0.4 is 20.1 Å². The number of carbonyl (C=O) groups is 3. The third-order valence-corrected chi connectivity index (χ3v) is 7.75. The first-order valence-electron chi connectivity index (χ1n) is 13.2. The molecule has 1 aromatic carbocycles. The van der Waals surface area contributed by atoms with Crippen molar-refractivity contribution < 1.29 is 37.4 Å². The SMILES string of the molecule is O=C(CCCNC(=O)OC[C@@H]1[C@@H]2CC/C=C\CC[C@@H]21)N[C@@H](CO)COC(=O)NS(=O)(=O)NCc1ccccc1. The molecular formula is C26H38N4O8S. The van der Waals surface area contributed by atoms with Gasteiger partial charge in [0.2, 0.25) is 5.91 Å². The van der Waals surface area contributed by atoms with Crippen molar-refractivity contribution in [2.75, 3.05) is 26.4 Å². The van der Waals surface area contributed by atoms with Gasteiger partial charge >= 0.3 is 22.4 Å². The van der Waals surface area contributed by atoms with Crippen LogP contribution in [0.15, 0.2) is 42.5 Å². The summed E-state index contributed by atoms with van der Waals surface area (Å²) in [7, 11) is -4.16. The zero-order chi connectivity index (χ0) is 28.1. The van der Waals surface area contributed by atoms with Gasteiger partial charge in [-0.2, -0.15) is 13.1 Å². The molecule has 3 amide bonds. The monoisotopic (exact) mass is 566 g/mol. The summed E-state index contributed by atoms with van der Waals surface area (Å²) in [4.78, 5) is 36.0. The maximum Gasteiger partial charge on any atom is 0.421 e. The lowest BCUT2D eigenvalue weighted by Gasteiger charge is -2.17. The molecule has 5 N–H and O–H groups in total. The molecule has 0 radical (unpaired) electrons. The average molecular weight is 567 g/mol. The second kappa shape index (κ2) is 15.4. The summed E-state index contributed by atoms with van der Waals surface area (Å²) in [6.45, 7) is -0.333. The topological polar surface area (TPSA) is 172 Å². The van der Waals surface area contributed by atoms with Crippen LogP contribution in [0.4, 0.5) is 9.59 Å². The van der Waals surface area contributed by atoms with E-state index >= 15 is 0 Å². The van der Waals surface area contributed by atoms with E-state index in [1.807, 2.05) is 0 Å². The second-order valence-corrected chi connectivity index (χ2v) is 11.2. The van der Waals surface area contributed by atoms with Crippen LogP contribution in [0.5, 0.6) is 0 Å². The highest BCUT2D eigenvalue weighted by atomic mass is 32.2. The molecule has 2 aliphatic carbocycles. The van der Waals surface area contributed by atoms with E-state index in [9.17, 15) is 27.9 Å². The fourth-order valence-corrected chi connectivity index (χ4v) is 5.38. The zero-order valence-corrected chi connectivity index (χ0v) is 22.7. The van der Waals surface area contributed by atoms with Crippen LogP contribution in [0.3, 0.4) is 0 Å². The first kappa shape index (κ1) is 30.4. The molecule has 0 aromatic heterocycles. The predicted molar refractivity (Wildman–Crippen MR) is 142 cm³/mol. The van der Waals surface area contributed by atoms with Gasteiger partial charge in [0.15, 0.2) is 0 Å². The molecule has 3 rings (SSSR count). The van der Waals surface area contributed by atoms with E-state index < -0.39 is 47.6 Å². The molecule has 39 heavy (non-hydrogen) atoms. The first-order valence-corrected chi connectivity index (χ1v) is 14.7. The average Bonchev–Trinajstić information content (AvgIpc) is 3.55. The van der Waals surface area contributed by atoms with Gasteiger partial charge in [0.05, 0.1) is 19.3 Å². The lowest BCUT2D eigenvalue weighted by Crippen LogP contribution is -2.44. The Bertz CT molecular complexity index is 1070. The highest BCUT2D eigenvalue weighted by Crippen LogP contribution is 2.52. The zero-order valence-electron chi connectivity index (χ0n) is 21.8. The number of alkyl carbamates (subject to hydrolysis) is 1. The number of nitrogens with one attached hydrogen (secondary N) is 4. The highest BCUT2D eigenvalue weighted by Gasteiger charge is 2.49. The second-order valence-electron chi connectivity index (χ2n) is 9.70. The minimum atomic E-state index is -4.16. The Hall–Kier alpha value is -3.16. The van der Waals surface area contributed by atoms with Gasteiger partial charge in [0.1, 0.15) is 6.61 Å². The molecule has 1 saturated carbocycles. The summed E-state index contributed by atoms with van der Waals surface area (Å²) in [6.07, 6.45) is 7.53. The van der Waals surface area contributed by atoms with E-state index in [4.69, 9.17) is 9.47 Å². The smallest absolute Gasteiger partial charge is 0.421 e. The Morgan fingerprint density at radius 2 is 1.69 bits per heavy atom. The summed E-state index contributed by atoms with van der Waals surface area (Å²) in [5.74, 6) is 1.29. The van der Waals surface area contributed by atoms with E-state index in [0.29, 0.717) is 36.3 Å². The largest absolute Gasteiger partial charge is 0.449 e. The van der Waals surface area contributed by atoms with E-state index in [1.165, 1.54) is 0 Å². The first-order chi connectivity index (χ1) is 18.8. The predicted octanol–water partition coefficient (Wildman–Crippen LogP) is 1.72. The number of ether oxygens (including phenoxy) is 2. The fourth-order valence-electron chi connectivity index (χ4n) is 4.67. The van der Waals surface area contributed by atoms with E-state index in [1.54, 1.807) is 35.1 Å². The maximum absolute atomic E-state index is 12.1. The van der Waals surface area contributed by atoms with Crippen LogP contribution in [0, 0.1) is 17.8 Å². The number of carbonyl (C=O) groups excluding carboxylic acids is 3. The summed E-state index contributed by atoms with van der Waals surface area (Å²) < 4.78 is 38.0. The molecule has 1 fully saturated rings. The van der Waals surface area contributed by atoms with Crippen molar-refractivity contribution in [2.24, 2.45) is 17.8 Å². The van der Waals surface area contributed by atoms with E-state index in [2.05, 4.69) is 27.5 Å². The number of aliphatic hydroxyl groups excluding tert-OH is 1. The molecule has 216 valence electrons. The quantitative estimate of drug-likeness (QED) is 0.167. The number of benzene rings is 1. The van der Waals surface area contributed by atoms with Gasteiger partial charge in [0, 0.05) is 19.5 Å². The van der Waals surface area contributed by atoms with Gasteiger partial charge in [-0.25, -0.2) is 14.3 Å². The molecule has 0 spiro atoms. The summed E-state index contributed by atoms with van der Waals surface area (Å²) in [6, 6.07) is 7.80. The number of hydrogen-bond acceptors (Lipinski definition) is 8. The van der Waals surface area contributed by atoms with Crippen LogP contribution in [0.2, 0.25) is 0 Å². The van der Waals surface area contributed by atoms with E-state index in [-0.39, 0.29) is 19.5 Å². The van der Waals surface area contributed by atoms with Crippen molar-refractivity contribution in [1.29, 1.82) is 0 Å². The molecule has 2 aliphatic rings. The van der Waals surface area contributed by atoms with Crippen molar-refractivity contribution in [2.45, 2.75) is 51.1 Å². The van der Waals surface area contributed by atoms with Crippen molar-refractivity contribution in [3.05, 3.63) is 48.0 Å². The molecule has 4 atom stereocenters. The van der Waals surface area contributed by atoms with Gasteiger partial charge in [-0.15, -0.1) is 0 Å². The summed E-state index contributed by atoms with van der Waals surface area (Å²) >= 11 is 0. The number of amides is 3. The Balaban J connectivity index is 1.23. The standard InChI is InChI=1S/C26H38N4O8S/c31-16-20(17-37-26(34)30-39(35,36)28-15-19-9-4-3-5-10-19)29-24(32)13-8-14-27-25(33)38-18-23-21-11-6-1-2-7-12-22(21)23/h1-5,9-10,20-23,28,31H,6-8,11-18H2,(H,27,33)(H,29,32)(H,30,34)/b2-1-/t20-,21-,22+,23-/m0/s1. The number of fused-ring (bicyclic) bond motifs is 1. The van der Waals surface area contributed by atoms with Gasteiger partial charge in [-0.3, -0.25) is 4.79 Å². The van der Waals surface area contributed by atoms with Gasteiger partial charge < -0.3 is 25.2 Å². The Kier molecular flexibility index (Phi) is 12.0. The number of allylic oxidation sites excluding steroid dienone is 2. The lowest BCUT2D eigenvalue weighted by atomic mass is 10.1. The van der Waals surface area contributed by atoms with Crippen LogP contribution in [0.1, 0.15) is 44.1 Å². The minimum absolute atomic E-state index is 0.0231. The van der Waals surface area contributed by atoms with Crippen molar-refractivity contribution in [3.8, 4) is 0 Å². The Labute approximate surface area is 229 Å². The number of hydrogen-bond donors (Lipinski definition) is 5. The van der Waals surface area contributed by atoms with Crippen LogP contribution in [0.25, 0.3) is 0 Å². The molecule has 1 aromatic rings. The molecule has 0 bridgehead atoms. The van der Waals surface area contributed by atoms with Crippen LogP contribution in [-0.4, -0.2) is 64.0 Å². The fraction of sp³-hybridized carbons (Fsp3) is 0.577. The summed E-state index contributed by atoms with van der Waals surface area (Å²) in [5, 5.41) is 14.6. The Morgan fingerprint density at radius 1 is 1.00 bits per heavy atom. The molecule has 0 heterocycles. The molecule has 0 unspecified atom stereocenters. The van der Waals surface area contributed by atoms with Crippen molar-refractivity contribution >= 4 is 28.3 Å². The van der Waals surface area contributed by atoms with Gasteiger partial charge in [0.25, 0.3) is 0 Å².